The van der Waals surface area contributed by atoms with E-state index in [4.69, 9.17) is 9.47 Å². The van der Waals surface area contributed by atoms with Crippen LogP contribution in [0.15, 0.2) is 18.2 Å². The fraction of sp³-hybridized carbons (Fsp3) is 0.696. The topological polar surface area (TPSA) is 52.6 Å². The Morgan fingerprint density at radius 1 is 1.04 bits per heavy atom. The van der Waals surface area contributed by atoms with Gasteiger partial charge in [-0.3, -0.25) is 9.36 Å². The highest BCUT2D eigenvalue weighted by atomic mass is 31.1. The number of hydrogen-bond donors (Lipinski definition) is 0. The van der Waals surface area contributed by atoms with Crippen LogP contribution in [0.2, 0.25) is 0 Å². The minimum Gasteiger partial charge on any atom is -0.496 e. The summed E-state index contributed by atoms with van der Waals surface area (Å²) >= 11 is 0. The summed E-state index contributed by atoms with van der Waals surface area (Å²) in [6.07, 6.45) is 11.4. The van der Waals surface area contributed by atoms with E-state index in [1.165, 1.54) is 19.3 Å². The van der Waals surface area contributed by atoms with Crippen LogP contribution < -0.4 is 9.47 Å². The van der Waals surface area contributed by atoms with Crippen molar-refractivity contribution in [3.63, 3.8) is 0 Å². The average Bonchev–Trinajstić information content (AvgIpc) is 2.75. The van der Waals surface area contributed by atoms with Crippen molar-refractivity contribution in [2.45, 2.75) is 83.2 Å². The van der Waals surface area contributed by atoms with Gasteiger partial charge in [-0.05, 0) is 31.4 Å². The maximum Gasteiger partial charge on any atom is 0.177 e. The highest BCUT2D eigenvalue weighted by Crippen LogP contribution is 2.50. The quantitative estimate of drug-likeness (QED) is 0.216. The molecule has 156 valence electrons. The number of carbonyl (C=O) groups is 1. The SMILES string of the molecule is CCCCCCCC(P=O)C1(C(=O)c2c(OC)cccc2OC)CCCCC1. The average molecular weight is 407 g/mol. The van der Waals surface area contributed by atoms with Crippen LogP contribution in [0.3, 0.4) is 0 Å². The maximum absolute atomic E-state index is 13.9. The Morgan fingerprint density at radius 3 is 2.18 bits per heavy atom. The monoisotopic (exact) mass is 406 g/mol. The first-order chi connectivity index (χ1) is 13.6. The molecule has 1 aromatic carbocycles. The lowest BCUT2D eigenvalue weighted by Crippen LogP contribution is -2.42. The molecule has 4 nitrogen and oxygen atoms in total. The lowest BCUT2D eigenvalue weighted by molar-refractivity contribution is 0.0687. The summed E-state index contributed by atoms with van der Waals surface area (Å²) in [4.78, 5) is 13.9. The number of Topliss-reactive ketones (excluding diaryl/α,β-unsaturated/α-hetero) is 1. The van der Waals surface area contributed by atoms with Gasteiger partial charge in [-0.25, -0.2) is 0 Å². The van der Waals surface area contributed by atoms with Gasteiger partial charge in [-0.2, -0.15) is 0 Å². The van der Waals surface area contributed by atoms with Crippen molar-refractivity contribution in [2.75, 3.05) is 14.2 Å². The van der Waals surface area contributed by atoms with Crippen molar-refractivity contribution < 1.29 is 18.8 Å². The molecule has 28 heavy (non-hydrogen) atoms. The predicted molar refractivity (Wildman–Crippen MR) is 114 cm³/mol. The van der Waals surface area contributed by atoms with Gasteiger partial charge in [0.05, 0.1) is 19.9 Å². The molecule has 1 fully saturated rings. The molecule has 0 N–H and O–H groups in total. The first kappa shape index (κ1) is 22.9. The molecule has 0 amide bonds. The molecule has 0 spiro atoms. The molecule has 1 aromatic rings. The summed E-state index contributed by atoms with van der Waals surface area (Å²) in [6.45, 7) is 2.20. The van der Waals surface area contributed by atoms with Crippen molar-refractivity contribution in [1.82, 2.24) is 0 Å². The minimum absolute atomic E-state index is 0.0448. The van der Waals surface area contributed by atoms with Gasteiger partial charge in [0.15, 0.2) is 14.2 Å². The summed E-state index contributed by atoms with van der Waals surface area (Å²) in [5.41, 5.74) is -0.223. The highest BCUT2D eigenvalue weighted by Gasteiger charge is 2.48. The molecule has 2 rings (SSSR count). The number of ether oxygens (including phenoxy) is 2. The Labute approximate surface area is 171 Å². The fourth-order valence-corrected chi connectivity index (χ4v) is 5.45. The van der Waals surface area contributed by atoms with Crippen LogP contribution in [0.5, 0.6) is 11.5 Å². The van der Waals surface area contributed by atoms with E-state index in [1.807, 2.05) is 6.07 Å². The number of carbonyl (C=O) groups excluding carboxylic acids is 1. The minimum atomic E-state index is -0.589. The zero-order chi connectivity index (χ0) is 20.4. The normalized spacial score (nSPS) is 17.2. The van der Waals surface area contributed by atoms with Gasteiger partial charge < -0.3 is 9.47 Å². The van der Waals surface area contributed by atoms with Crippen LogP contribution in [0.1, 0.15) is 87.9 Å². The Kier molecular flexibility index (Phi) is 9.44. The van der Waals surface area contributed by atoms with Crippen LogP contribution in [0.25, 0.3) is 0 Å². The van der Waals surface area contributed by atoms with Gasteiger partial charge in [-0.15, -0.1) is 0 Å². The summed E-state index contributed by atoms with van der Waals surface area (Å²) in [6, 6.07) is 5.45. The molecule has 0 saturated heterocycles. The highest BCUT2D eigenvalue weighted by molar-refractivity contribution is 7.24. The van der Waals surface area contributed by atoms with E-state index in [-0.39, 0.29) is 19.9 Å². The first-order valence-corrected chi connectivity index (χ1v) is 11.6. The van der Waals surface area contributed by atoms with Crippen molar-refractivity contribution >= 4 is 14.2 Å². The lowest BCUT2D eigenvalue weighted by atomic mass is 9.66. The van der Waals surface area contributed by atoms with Gasteiger partial charge >= 0.3 is 0 Å². The Bertz CT molecular complexity index is 615. The van der Waals surface area contributed by atoms with Crippen molar-refractivity contribution in [1.29, 1.82) is 0 Å². The summed E-state index contributed by atoms with van der Waals surface area (Å²) in [7, 11) is 3.25. The lowest BCUT2D eigenvalue weighted by Gasteiger charge is -2.40. The van der Waals surface area contributed by atoms with Crippen molar-refractivity contribution in [3.05, 3.63) is 23.8 Å². The second-order valence-corrected chi connectivity index (χ2v) is 8.74. The van der Waals surface area contributed by atoms with Crippen molar-refractivity contribution in [3.8, 4) is 11.5 Å². The Balaban J connectivity index is 2.33. The van der Waals surface area contributed by atoms with Gasteiger partial charge in [-0.1, -0.05) is 64.4 Å². The molecule has 0 aromatic heterocycles. The third kappa shape index (κ3) is 5.14. The van der Waals surface area contributed by atoms with E-state index in [0.717, 1.165) is 51.4 Å². The largest absolute Gasteiger partial charge is 0.496 e. The van der Waals surface area contributed by atoms with Crippen LogP contribution >= 0.6 is 8.46 Å². The molecule has 1 atom stereocenters. The second kappa shape index (κ2) is 11.6. The maximum atomic E-state index is 13.9. The molecule has 5 heteroatoms. The van der Waals surface area contributed by atoms with E-state index in [1.54, 1.807) is 26.4 Å². The van der Waals surface area contributed by atoms with E-state index in [0.29, 0.717) is 17.1 Å². The number of unbranched alkanes of at least 4 members (excludes halogenated alkanes) is 4. The number of rotatable bonds is 12. The van der Waals surface area contributed by atoms with Crippen LogP contribution in [-0.4, -0.2) is 25.7 Å². The molecule has 0 heterocycles. The van der Waals surface area contributed by atoms with Crippen molar-refractivity contribution in [2.24, 2.45) is 5.41 Å². The van der Waals surface area contributed by atoms with Gasteiger partial charge in [0.2, 0.25) is 0 Å². The van der Waals surface area contributed by atoms with Crippen LogP contribution in [-0.2, 0) is 4.57 Å². The standard InChI is InChI=1S/C23H35O4P/c1-4-5-6-7-9-15-20(28-25)23(16-10-8-11-17-23)22(24)21-18(26-2)13-12-14-19(21)27-3/h12-14,20H,4-11,15-17H2,1-3H3. The summed E-state index contributed by atoms with van der Waals surface area (Å²) in [5, 5.41) is 0. The Morgan fingerprint density at radius 2 is 1.64 bits per heavy atom. The number of hydrogen-bond acceptors (Lipinski definition) is 4. The van der Waals surface area contributed by atoms with E-state index < -0.39 is 5.41 Å². The zero-order valence-electron chi connectivity index (χ0n) is 17.7. The van der Waals surface area contributed by atoms with Gasteiger partial charge in [0.1, 0.15) is 17.1 Å². The molecule has 1 aliphatic rings. The second-order valence-electron chi connectivity index (χ2n) is 7.91. The molecular formula is C23H35O4P. The molecule has 1 unspecified atom stereocenters. The molecule has 0 radical (unpaired) electrons. The molecule has 1 saturated carbocycles. The number of methoxy groups -OCH3 is 2. The fourth-order valence-electron chi connectivity index (χ4n) is 4.59. The molecule has 1 aliphatic carbocycles. The van der Waals surface area contributed by atoms with E-state index in [9.17, 15) is 9.36 Å². The van der Waals surface area contributed by atoms with E-state index >= 15 is 0 Å². The summed E-state index contributed by atoms with van der Waals surface area (Å²) < 4.78 is 23.3. The van der Waals surface area contributed by atoms with Gasteiger partial charge in [0.25, 0.3) is 0 Å². The predicted octanol–water partition coefficient (Wildman–Crippen LogP) is 6.86. The first-order valence-electron chi connectivity index (χ1n) is 10.7. The Hall–Kier alpha value is -1.41. The third-order valence-corrected chi connectivity index (χ3v) is 7.21. The number of ketones is 1. The smallest absolute Gasteiger partial charge is 0.177 e. The van der Waals surface area contributed by atoms with Gasteiger partial charge in [0, 0.05) is 5.41 Å². The molecule has 0 aliphatic heterocycles. The molecular weight excluding hydrogens is 371 g/mol. The molecule has 0 bridgehead atoms. The van der Waals surface area contributed by atoms with Crippen LogP contribution in [0.4, 0.5) is 0 Å². The summed E-state index contributed by atoms with van der Waals surface area (Å²) in [5.74, 6) is 1.13. The zero-order valence-corrected chi connectivity index (χ0v) is 18.6. The van der Waals surface area contributed by atoms with Crippen LogP contribution in [0, 0.1) is 5.41 Å². The van der Waals surface area contributed by atoms with E-state index in [2.05, 4.69) is 6.92 Å². The third-order valence-electron chi connectivity index (χ3n) is 6.20. The number of benzene rings is 1.